The molecule has 1 aliphatic heterocycles. The Labute approximate surface area is 176 Å². The van der Waals surface area contributed by atoms with Crippen LogP contribution in [0.3, 0.4) is 0 Å². The predicted molar refractivity (Wildman–Crippen MR) is 116 cm³/mol. The highest BCUT2D eigenvalue weighted by molar-refractivity contribution is 7.89. The third-order valence-electron chi connectivity index (χ3n) is 5.24. The first-order valence-corrected chi connectivity index (χ1v) is 12.3. The fourth-order valence-corrected chi connectivity index (χ4v) is 6.65. The van der Waals surface area contributed by atoms with Crippen molar-refractivity contribution in [3.8, 4) is 0 Å². The second-order valence-corrected chi connectivity index (χ2v) is 11.1. The molecule has 0 N–H and O–H groups in total. The molecule has 3 heterocycles. The van der Waals surface area contributed by atoms with E-state index in [0.717, 1.165) is 40.4 Å². The molecule has 1 aromatic carbocycles. The molecule has 154 valence electrons. The molecule has 1 unspecified atom stereocenters. The molecule has 0 spiro atoms. The molecule has 0 amide bonds. The number of pyridine rings is 1. The summed E-state index contributed by atoms with van der Waals surface area (Å²) in [7, 11) is -3.63. The van der Waals surface area contributed by atoms with E-state index in [4.69, 9.17) is 0 Å². The van der Waals surface area contributed by atoms with E-state index in [-0.39, 0.29) is 10.8 Å². The SMILES string of the molecule is Cc1ccc2cccc(S(=O)(=O)N3CCCC(c4nnc(CC(C)C)s4)C3)c2n1. The van der Waals surface area contributed by atoms with Crippen LogP contribution in [0.2, 0.25) is 0 Å². The van der Waals surface area contributed by atoms with E-state index >= 15 is 0 Å². The molecular formula is C21H26N4O2S2. The molecule has 1 atom stereocenters. The van der Waals surface area contributed by atoms with Gasteiger partial charge in [0.15, 0.2) is 0 Å². The molecule has 29 heavy (non-hydrogen) atoms. The highest BCUT2D eigenvalue weighted by Crippen LogP contribution is 2.33. The van der Waals surface area contributed by atoms with Crippen LogP contribution in [0, 0.1) is 12.8 Å². The zero-order valence-corrected chi connectivity index (χ0v) is 18.6. The number of piperidine rings is 1. The first-order valence-electron chi connectivity index (χ1n) is 10.0. The quantitative estimate of drug-likeness (QED) is 0.607. The number of hydrogen-bond acceptors (Lipinski definition) is 6. The Morgan fingerprint density at radius 3 is 2.83 bits per heavy atom. The fraction of sp³-hybridized carbons (Fsp3) is 0.476. The Morgan fingerprint density at radius 1 is 1.21 bits per heavy atom. The van der Waals surface area contributed by atoms with E-state index in [1.165, 1.54) is 0 Å². The van der Waals surface area contributed by atoms with Gasteiger partial charge in [0.25, 0.3) is 0 Å². The second-order valence-electron chi connectivity index (χ2n) is 8.11. The molecule has 0 bridgehead atoms. The second kappa shape index (κ2) is 8.08. The minimum atomic E-state index is -3.63. The molecule has 8 heteroatoms. The average molecular weight is 431 g/mol. The molecule has 6 nitrogen and oxygen atoms in total. The molecule has 0 saturated carbocycles. The standard InChI is InChI=1S/C21H26N4O2S2/c1-14(2)12-19-23-24-21(28-19)17-7-5-11-25(13-17)29(26,27)18-8-4-6-16-10-9-15(3)22-20(16)18/h4,6,8-10,14,17H,5,7,11-13H2,1-3H3. The van der Waals surface area contributed by atoms with Crippen molar-refractivity contribution in [3.63, 3.8) is 0 Å². The molecular weight excluding hydrogens is 404 g/mol. The van der Waals surface area contributed by atoms with Crippen LogP contribution in [0.1, 0.15) is 48.3 Å². The average Bonchev–Trinajstić information content (AvgIpc) is 3.15. The van der Waals surface area contributed by atoms with Crippen LogP contribution in [0.5, 0.6) is 0 Å². The zero-order valence-electron chi connectivity index (χ0n) is 17.0. The van der Waals surface area contributed by atoms with E-state index in [1.807, 2.05) is 25.1 Å². The molecule has 1 saturated heterocycles. The summed E-state index contributed by atoms with van der Waals surface area (Å²) in [5.74, 6) is 0.628. The number of aryl methyl sites for hydroxylation is 1. The molecule has 0 radical (unpaired) electrons. The van der Waals surface area contributed by atoms with Gasteiger partial charge in [-0.05, 0) is 37.8 Å². The minimum Gasteiger partial charge on any atom is -0.252 e. The van der Waals surface area contributed by atoms with Gasteiger partial charge < -0.3 is 0 Å². The smallest absolute Gasteiger partial charge is 0.245 e. The normalized spacial score (nSPS) is 18.6. The number of rotatable bonds is 5. The summed E-state index contributed by atoms with van der Waals surface area (Å²) < 4.78 is 28.6. The van der Waals surface area contributed by atoms with Crippen LogP contribution in [0.25, 0.3) is 10.9 Å². The molecule has 1 fully saturated rings. The van der Waals surface area contributed by atoms with Gasteiger partial charge in [0.05, 0.1) is 5.52 Å². The number of benzene rings is 1. The van der Waals surface area contributed by atoms with Crippen LogP contribution >= 0.6 is 11.3 Å². The van der Waals surface area contributed by atoms with Gasteiger partial charge in [-0.1, -0.05) is 32.0 Å². The van der Waals surface area contributed by atoms with E-state index in [2.05, 4.69) is 29.0 Å². The van der Waals surface area contributed by atoms with Crippen molar-refractivity contribution in [2.45, 2.75) is 50.8 Å². The summed E-state index contributed by atoms with van der Waals surface area (Å²) in [6.45, 7) is 7.18. The van der Waals surface area contributed by atoms with Crippen LogP contribution in [0.4, 0.5) is 0 Å². The van der Waals surface area contributed by atoms with Gasteiger partial charge in [0.2, 0.25) is 10.0 Å². The first-order chi connectivity index (χ1) is 13.8. The Balaban J connectivity index is 1.63. The lowest BCUT2D eigenvalue weighted by molar-refractivity contribution is 0.315. The third-order valence-corrected chi connectivity index (χ3v) is 8.24. The van der Waals surface area contributed by atoms with Crippen molar-refractivity contribution < 1.29 is 8.42 Å². The zero-order chi connectivity index (χ0) is 20.6. The summed E-state index contributed by atoms with van der Waals surface area (Å²) in [5.41, 5.74) is 1.35. The van der Waals surface area contributed by atoms with Crippen LogP contribution in [-0.4, -0.2) is 41.0 Å². The Bertz CT molecular complexity index is 1120. The van der Waals surface area contributed by atoms with Crippen LogP contribution in [0.15, 0.2) is 35.2 Å². The molecule has 0 aliphatic carbocycles. The predicted octanol–water partition coefficient (Wildman–Crippen LogP) is 4.16. The lowest BCUT2D eigenvalue weighted by atomic mass is 10.0. The summed E-state index contributed by atoms with van der Waals surface area (Å²) in [4.78, 5) is 4.81. The Hall–Kier alpha value is -1.90. The van der Waals surface area contributed by atoms with Crippen molar-refractivity contribution in [2.75, 3.05) is 13.1 Å². The lowest BCUT2D eigenvalue weighted by Crippen LogP contribution is -2.39. The highest BCUT2D eigenvalue weighted by Gasteiger charge is 2.33. The fourth-order valence-electron chi connectivity index (χ4n) is 3.79. The molecule has 1 aliphatic rings. The molecule has 3 aromatic rings. The largest absolute Gasteiger partial charge is 0.252 e. The minimum absolute atomic E-state index is 0.0987. The topological polar surface area (TPSA) is 76.1 Å². The summed E-state index contributed by atoms with van der Waals surface area (Å²) >= 11 is 1.62. The van der Waals surface area contributed by atoms with Gasteiger partial charge >= 0.3 is 0 Å². The van der Waals surface area contributed by atoms with Crippen molar-refractivity contribution in [2.24, 2.45) is 5.92 Å². The van der Waals surface area contributed by atoms with Gasteiger partial charge in [-0.2, -0.15) is 4.31 Å². The molecule has 4 rings (SSSR count). The van der Waals surface area contributed by atoms with Gasteiger partial charge in [-0.15, -0.1) is 21.5 Å². The molecule has 2 aromatic heterocycles. The van der Waals surface area contributed by atoms with Gasteiger partial charge in [-0.25, -0.2) is 8.42 Å². The number of sulfonamides is 1. The maximum atomic E-state index is 13.5. The number of hydrogen-bond donors (Lipinski definition) is 0. The Kier molecular flexibility index (Phi) is 5.68. The third kappa shape index (κ3) is 4.20. The Morgan fingerprint density at radius 2 is 2.03 bits per heavy atom. The summed E-state index contributed by atoms with van der Waals surface area (Å²) in [6.07, 6.45) is 2.67. The van der Waals surface area contributed by atoms with Gasteiger partial charge in [0, 0.05) is 36.5 Å². The maximum absolute atomic E-state index is 13.5. The maximum Gasteiger partial charge on any atom is 0.245 e. The number of para-hydroxylation sites is 1. The van der Waals surface area contributed by atoms with E-state index in [9.17, 15) is 8.42 Å². The number of aromatic nitrogens is 3. The van der Waals surface area contributed by atoms with Crippen molar-refractivity contribution >= 4 is 32.3 Å². The van der Waals surface area contributed by atoms with Gasteiger partial charge in [0.1, 0.15) is 14.9 Å². The van der Waals surface area contributed by atoms with Gasteiger partial charge in [-0.3, -0.25) is 4.98 Å². The lowest BCUT2D eigenvalue weighted by Gasteiger charge is -2.31. The van der Waals surface area contributed by atoms with E-state index in [0.29, 0.717) is 24.5 Å². The van der Waals surface area contributed by atoms with Crippen molar-refractivity contribution in [1.29, 1.82) is 0 Å². The summed E-state index contributed by atoms with van der Waals surface area (Å²) in [5, 5.41) is 11.5. The number of nitrogens with zero attached hydrogens (tertiary/aromatic N) is 4. The monoisotopic (exact) mass is 430 g/mol. The summed E-state index contributed by atoms with van der Waals surface area (Å²) in [6, 6.07) is 9.18. The van der Waals surface area contributed by atoms with E-state index in [1.54, 1.807) is 27.8 Å². The van der Waals surface area contributed by atoms with Crippen LogP contribution in [-0.2, 0) is 16.4 Å². The van der Waals surface area contributed by atoms with Crippen molar-refractivity contribution in [1.82, 2.24) is 19.5 Å². The van der Waals surface area contributed by atoms with Crippen LogP contribution < -0.4 is 0 Å². The highest BCUT2D eigenvalue weighted by atomic mass is 32.2. The number of fused-ring (bicyclic) bond motifs is 1. The van der Waals surface area contributed by atoms with Crippen molar-refractivity contribution in [3.05, 3.63) is 46.0 Å². The first kappa shape index (κ1) is 20.4. The van der Waals surface area contributed by atoms with E-state index < -0.39 is 10.0 Å².